The molecule has 0 rings (SSSR count). The van der Waals surface area contributed by atoms with E-state index in [0.29, 0.717) is 19.3 Å². The summed E-state index contributed by atoms with van der Waals surface area (Å²) in [4.78, 5) is 38.5. The van der Waals surface area contributed by atoms with Crippen LogP contribution in [-0.4, -0.2) is 37.2 Å². The van der Waals surface area contributed by atoms with E-state index in [4.69, 9.17) is 14.2 Å². The van der Waals surface area contributed by atoms with Gasteiger partial charge in [0.15, 0.2) is 6.10 Å². The van der Waals surface area contributed by atoms with E-state index in [-0.39, 0.29) is 31.1 Å². The molecule has 6 heteroatoms. The summed E-state index contributed by atoms with van der Waals surface area (Å²) in [7, 11) is 0. The number of carbonyl (C=O) groups excluding carboxylic acids is 3. The fourth-order valence-corrected chi connectivity index (χ4v) is 10.2. The average molecular weight is 1160 g/mol. The first-order chi connectivity index (χ1) is 41.0. The van der Waals surface area contributed by atoms with E-state index < -0.39 is 6.10 Å². The first kappa shape index (κ1) is 79.3. The quantitative estimate of drug-likeness (QED) is 0.0261. The lowest BCUT2D eigenvalue weighted by atomic mass is 10.0. The van der Waals surface area contributed by atoms with Crippen LogP contribution in [-0.2, 0) is 28.6 Å². The van der Waals surface area contributed by atoms with E-state index >= 15 is 0 Å². The number of esters is 3. The van der Waals surface area contributed by atoms with Gasteiger partial charge in [0.2, 0.25) is 0 Å². The summed E-state index contributed by atoms with van der Waals surface area (Å²) in [5.41, 5.74) is 0. The van der Waals surface area contributed by atoms with E-state index in [1.165, 1.54) is 199 Å². The second kappa shape index (κ2) is 70.8. The topological polar surface area (TPSA) is 78.9 Å². The fourth-order valence-electron chi connectivity index (χ4n) is 10.2. The molecule has 0 radical (unpaired) electrons. The number of hydrogen-bond donors (Lipinski definition) is 0. The summed E-state index contributed by atoms with van der Waals surface area (Å²) < 4.78 is 17.0. The lowest BCUT2D eigenvalue weighted by Crippen LogP contribution is -2.30. The minimum absolute atomic E-state index is 0.0811. The molecule has 0 amide bonds. The van der Waals surface area contributed by atoms with Crippen molar-refractivity contribution in [3.05, 3.63) is 97.2 Å². The van der Waals surface area contributed by atoms with Crippen molar-refractivity contribution in [3.63, 3.8) is 0 Å². The van der Waals surface area contributed by atoms with Crippen molar-refractivity contribution in [1.82, 2.24) is 0 Å². The van der Waals surface area contributed by atoms with Gasteiger partial charge in [-0.3, -0.25) is 14.4 Å². The minimum Gasteiger partial charge on any atom is -0.462 e. The van der Waals surface area contributed by atoms with Crippen LogP contribution in [0.4, 0.5) is 0 Å². The lowest BCUT2D eigenvalue weighted by molar-refractivity contribution is -0.167. The number of carbonyl (C=O) groups is 3. The monoisotopic (exact) mass is 1160 g/mol. The summed E-state index contributed by atoms with van der Waals surface area (Å²) in [6, 6.07) is 0. The van der Waals surface area contributed by atoms with Crippen molar-refractivity contribution >= 4 is 17.9 Å². The van der Waals surface area contributed by atoms with E-state index in [0.717, 1.165) is 116 Å². The Hall–Kier alpha value is -3.67. The van der Waals surface area contributed by atoms with Crippen molar-refractivity contribution in [2.75, 3.05) is 13.2 Å². The molecule has 0 fully saturated rings. The van der Waals surface area contributed by atoms with Crippen molar-refractivity contribution < 1.29 is 28.6 Å². The third kappa shape index (κ3) is 69.0. The molecular weight excluding hydrogens is 1020 g/mol. The molecule has 0 aliphatic heterocycles. The van der Waals surface area contributed by atoms with Gasteiger partial charge in [-0.1, -0.05) is 330 Å². The lowest BCUT2D eigenvalue weighted by Gasteiger charge is -2.18. The first-order valence-corrected chi connectivity index (χ1v) is 35.7. The Bertz CT molecular complexity index is 1610. The van der Waals surface area contributed by atoms with Gasteiger partial charge in [0.05, 0.1) is 0 Å². The molecule has 0 aliphatic rings. The highest BCUT2D eigenvalue weighted by molar-refractivity contribution is 5.71. The van der Waals surface area contributed by atoms with Gasteiger partial charge in [-0.05, 0) is 103 Å². The molecule has 0 heterocycles. The Morgan fingerprint density at radius 1 is 0.253 bits per heavy atom. The average Bonchev–Trinajstić information content (AvgIpc) is 3.49. The largest absolute Gasteiger partial charge is 0.462 e. The molecule has 83 heavy (non-hydrogen) atoms. The smallest absolute Gasteiger partial charge is 0.306 e. The second-order valence-corrected chi connectivity index (χ2v) is 23.8. The van der Waals surface area contributed by atoms with Crippen LogP contribution < -0.4 is 0 Å². The Morgan fingerprint density at radius 2 is 0.470 bits per heavy atom. The van der Waals surface area contributed by atoms with E-state index in [9.17, 15) is 14.4 Å². The maximum atomic E-state index is 13.0. The van der Waals surface area contributed by atoms with Crippen LogP contribution in [0.1, 0.15) is 355 Å². The molecule has 0 spiro atoms. The summed E-state index contributed by atoms with van der Waals surface area (Å²) >= 11 is 0. The molecule has 0 saturated carbocycles. The highest BCUT2D eigenvalue weighted by Crippen LogP contribution is 2.18. The predicted molar refractivity (Wildman–Crippen MR) is 362 cm³/mol. The summed E-state index contributed by atoms with van der Waals surface area (Å²) in [6.45, 7) is 6.54. The van der Waals surface area contributed by atoms with Gasteiger partial charge in [0, 0.05) is 19.3 Å². The Balaban J connectivity index is 4.31. The zero-order valence-electron chi connectivity index (χ0n) is 54.9. The Kier molecular flexibility index (Phi) is 67.7. The van der Waals surface area contributed by atoms with Gasteiger partial charge in [-0.2, -0.15) is 0 Å². The second-order valence-electron chi connectivity index (χ2n) is 23.8. The molecule has 0 aromatic heterocycles. The number of unbranched alkanes of at least 4 members (excludes halogenated alkanes) is 38. The molecule has 6 nitrogen and oxygen atoms in total. The molecule has 0 aliphatic carbocycles. The molecule has 478 valence electrons. The number of rotatable bonds is 65. The maximum absolute atomic E-state index is 13.0. The molecule has 1 unspecified atom stereocenters. The van der Waals surface area contributed by atoms with Crippen LogP contribution in [0.5, 0.6) is 0 Å². The van der Waals surface area contributed by atoms with Crippen LogP contribution in [0.2, 0.25) is 0 Å². The Morgan fingerprint density at radius 3 is 0.759 bits per heavy atom. The summed E-state index contributed by atoms with van der Waals surface area (Å²) in [6.07, 6.45) is 95.7. The zero-order chi connectivity index (χ0) is 59.9. The molecule has 0 aromatic carbocycles. The van der Waals surface area contributed by atoms with Crippen molar-refractivity contribution in [1.29, 1.82) is 0 Å². The highest BCUT2D eigenvalue weighted by Gasteiger charge is 2.19. The number of ether oxygens (including phenoxy) is 3. The standard InChI is InChI=1S/C77H134O6/c1-4-7-10-13-16-19-22-25-28-30-32-34-35-36-37-38-39-40-41-43-44-46-49-52-55-58-61-64-67-70-76(79)82-73-74(72-81-75(78)69-66-63-60-57-54-51-48-27-24-21-18-15-12-9-6-3)83-77(80)71-68-65-62-59-56-53-50-47-45-42-33-31-29-26-23-20-17-14-11-8-5-2/h7,10,16,18-19,21,25,27-28,32,34,36-37,39-40,48,74H,4-6,8-9,11-15,17,20,22-24,26,29-31,33,35,38,41-47,49-73H2,1-3H3/b10-7-,19-16-,21-18-,28-25-,34-32-,37-36-,40-39-,48-27-. The van der Waals surface area contributed by atoms with Gasteiger partial charge < -0.3 is 14.2 Å². The van der Waals surface area contributed by atoms with Gasteiger partial charge in [0.1, 0.15) is 13.2 Å². The van der Waals surface area contributed by atoms with Gasteiger partial charge in [0.25, 0.3) is 0 Å². The summed E-state index contributed by atoms with van der Waals surface area (Å²) in [5, 5.41) is 0. The van der Waals surface area contributed by atoms with Crippen molar-refractivity contribution in [3.8, 4) is 0 Å². The molecule has 1 atom stereocenters. The molecule has 0 aromatic rings. The minimum atomic E-state index is -0.786. The molecule has 0 N–H and O–H groups in total. The van der Waals surface area contributed by atoms with Crippen LogP contribution in [0, 0.1) is 0 Å². The maximum Gasteiger partial charge on any atom is 0.306 e. The third-order valence-electron chi connectivity index (χ3n) is 15.6. The SMILES string of the molecule is CC/C=C\C/C=C\C/C=C\C/C=C\C/C=C\C/C=C\CCCCCCCCCCCCC(=O)OCC(COC(=O)CCCCCCC/C=C\C/C=C\CCCCC)OC(=O)CCCCCCCCCCCCCCCCCCCCCCC. The predicted octanol–water partition coefficient (Wildman–Crippen LogP) is 24.8. The third-order valence-corrected chi connectivity index (χ3v) is 15.6. The molecule has 0 bridgehead atoms. The van der Waals surface area contributed by atoms with E-state index in [2.05, 4.69) is 118 Å². The number of hydrogen-bond acceptors (Lipinski definition) is 6. The van der Waals surface area contributed by atoms with Crippen LogP contribution in [0.3, 0.4) is 0 Å². The molecule has 0 saturated heterocycles. The van der Waals surface area contributed by atoms with E-state index in [1.54, 1.807) is 0 Å². The van der Waals surface area contributed by atoms with Crippen LogP contribution >= 0.6 is 0 Å². The number of allylic oxidation sites excluding steroid dienone is 16. The zero-order valence-corrected chi connectivity index (χ0v) is 54.9. The van der Waals surface area contributed by atoms with Crippen molar-refractivity contribution in [2.45, 2.75) is 361 Å². The van der Waals surface area contributed by atoms with Crippen LogP contribution in [0.15, 0.2) is 97.2 Å². The van der Waals surface area contributed by atoms with E-state index in [1.807, 2.05) is 0 Å². The summed E-state index contributed by atoms with van der Waals surface area (Å²) in [5.74, 6) is -0.880. The fraction of sp³-hybridized carbons (Fsp3) is 0.753. The van der Waals surface area contributed by atoms with Gasteiger partial charge in [-0.25, -0.2) is 0 Å². The van der Waals surface area contributed by atoms with Gasteiger partial charge >= 0.3 is 17.9 Å². The van der Waals surface area contributed by atoms with Gasteiger partial charge in [-0.15, -0.1) is 0 Å². The molecular formula is C77H134O6. The normalized spacial score (nSPS) is 12.7. The Labute approximate surface area is 515 Å². The van der Waals surface area contributed by atoms with Crippen LogP contribution in [0.25, 0.3) is 0 Å². The first-order valence-electron chi connectivity index (χ1n) is 35.7. The van der Waals surface area contributed by atoms with Crippen molar-refractivity contribution in [2.24, 2.45) is 0 Å². The highest BCUT2D eigenvalue weighted by atomic mass is 16.6.